The lowest BCUT2D eigenvalue weighted by molar-refractivity contribution is 0.0904. The van der Waals surface area contributed by atoms with Crippen molar-refractivity contribution in [3.63, 3.8) is 0 Å². The molecule has 12 heteroatoms. The normalized spacial score (nSPS) is 19.4. The van der Waals surface area contributed by atoms with E-state index in [0.29, 0.717) is 42.3 Å². The van der Waals surface area contributed by atoms with E-state index in [1.165, 1.54) is 37.2 Å². The molecule has 230 valence electrons. The molecule has 0 bridgehead atoms. The van der Waals surface area contributed by atoms with Crippen LogP contribution in [0, 0.1) is 0 Å². The highest BCUT2D eigenvalue weighted by molar-refractivity contribution is 5.97. The predicted octanol–water partition coefficient (Wildman–Crippen LogP) is 3.08. The molecule has 2 aromatic heterocycles. The van der Waals surface area contributed by atoms with Crippen LogP contribution < -0.4 is 21.3 Å². The first-order valence-electron chi connectivity index (χ1n) is 15.6. The topological polar surface area (TPSA) is 141 Å². The molecule has 0 radical (unpaired) electrons. The molecule has 0 saturated carbocycles. The predicted molar refractivity (Wildman–Crippen MR) is 169 cm³/mol. The number of piperidine rings is 1. The quantitative estimate of drug-likeness (QED) is 0.295. The van der Waals surface area contributed by atoms with Gasteiger partial charge in [-0.3, -0.25) is 9.69 Å². The lowest BCUT2D eigenvalue weighted by atomic mass is 10.00. The Labute approximate surface area is 253 Å². The van der Waals surface area contributed by atoms with Crippen molar-refractivity contribution in [2.24, 2.45) is 5.73 Å². The molecule has 0 aliphatic carbocycles. The number of anilines is 4. The van der Waals surface area contributed by atoms with Gasteiger partial charge in [0.1, 0.15) is 5.69 Å². The van der Waals surface area contributed by atoms with Crippen molar-refractivity contribution < 1.29 is 9.53 Å². The Hall–Kier alpha value is -3.74. The molecule has 3 aliphatic rings. The van der Waals surface area contributed by atoms with Crippen molar-refractivity contribution in [1.82, 2.24) is 29.7 Å². The van der Waals surface area contributed by atoms with Gasteiger partial charge in [0, 0.05) is 75.9 Å². The lowest BCUT2D eigenvalue weighted by Gasteiger charge is -2.43. The molecule has 3 aromatic rings. The van der Waals surface area contributed by atoms with Crippen molar-refractivity contribution in [3.8, 4) is 11.4 Å². The third-order valence-electron chi connectivity index (χ3n) is 9.03. The van der Waals surface area contributed by atoms with Gasteiger partial charge in [-0.2, -0.15) is 0 Å². The van der Waals surface area contributed by atoms with E-state index in [0.717, 1.165) is 51.1 Å². The third kappa shape index (κ3) is 6.76. The zero-order chi connectivity index (χ0) is 29.8. The second-order valence-electron chi connectivity index (χ2n) is 11.9. The minimum Gasteiger partial charge on any atom is -0.381 e. The Bertz CT molecular complexity index is 1380. The first-order valence-corrected chi connectivity index (χ1v) is 15.6. The Morgan fingerprint density at radius 1 is 1.05 bits per heavy atom. The van der Waals surface area contributed by atoms with Gasteiger partial charge in [0.05, 0.1) is 18.2 Å². The minimum atomic E-state index is -0.649. The number of H-pyrrole nitrogens is 1. The van der Waals surface area contributed by atoms with Gasteiger partial charge in [0.25, 0.3) is 5.91 Å². The molecule has 5 N–H and O–H groups in total. The van der Waals surface area contributed by atoms with Gasteiger partial charge in [-0.25, -0.2) is 15.0 Å². The molecule has 6 rings (SSSR count). The van der Waals surface area contributed by atoms with E-state index in [1.54, 1.807) is 12.5 Å². The first kappa shape index (κ1) is 29.3. The third-order valence-corrected chi connectivity index (χ3v) is 9.03. The fraction of sp³-hybridized carbons (Fsp3) is 0.548. The number of likely N-dealkylation sites (N-methyl/N-ethyl adjacent to an activating group) is 1. The summed E-state index contributed by atoms with van der Waals surface area (Å²) in [5.74, 6) is 0.247. The number of aromatic amines is 1. The van der Waals surface area contributed by atoms with Gasteiger partial charge < -0.3 is 35.9 Å². The Morgan fingerprint density at radius 2 is 1.81 bits per heavy atom. The maximum atomic E-state index is 12.6. The van der Waals surface area contributed by atoms with Crippen LogP contribution in [0.3, 0.4) is 0 Å². The van der Waals surface area contributed by atoms with Gasteiger partial charge in [-0.05, 0) is 62.9 Å². The molecular weight excluding hydrogens is 544 g/mol. The van der Waals surface area contributed by atoms with Crippen molar-refractivity contribution in [2.75, 3.05) is 75.1 Å². The number of carbonyl (C=O) groups is 1. The van der Waals surface area contributed by atoms with E-state index in [4.69, 9.17) is 15.5 Å². The van der Waals surface area contributed by atoms with Crippen LogP contribution in [0.15, 0.2) is 30.7 Å². The highest BCUT2D eigenvalue weighted by Gasteiger charge is 2.28. The number of carbonyl (C=O) groups excluding carboxylic acids is 1. The first-order chi connectivity index (χ1) is 21.0. The number of imidazole rings is 1. The van der Waals surface area contributed by atoms with Crippen LogP contribution in [0.1, 0.15) is 48.7 Å². The number of hydrogen-bond donors (Lipinski definition) is 4. The molecule has 0 atom stereocenters. The van der Waals surface area contributed by atoms with Crippen LogP contribution in [0.25, 0.3) is 11.4 Å². The summed E-state index contributed by atoms with van der Waals surface area (Å²) in [7, 11) is 2.21. The van der Waals surface area contributed by atoms with Gasteiger partial charge in [-0.1, -0.05) is 6.92 Å². The summed E-state index contributed by atoms with van der Waals surface area (Å²) in [6.45, 7) is 10.4. The summed E-state index contributed by atoms with van der Waals surface area (Å²) in [5.41, 5.74) is 10.4. The average molecular weight is 589 g/mol. The highest BCUT2D eigenvalue weighted by Crippen LogP contribution is 2.32. The molecule has 0 spiro atoms. The van der Waals surface area contributed by atoms with Crippen LogP contribution in [0.2, 0.25) is 0 Å². The van der Waals surface area contributed by atoms with Crippen LogP contribution in [0.4, 0.5) is 23.0 Å². The molecule has 3 saturated heterocycles. The molecular formula is C31H44N10O2. The van der Waals surface area contributed by atoms with Gasteiger partial charge in [0.15, 0.2) is 17.3 Å². The van der Waals surface area contributed by atoms with E-state index in [1.807, 2.05) is 0 Å². The number of benzene rings is 1. The Balaban J connectivity index is 1.22. The van der Waals surface area contributed by atoms with Crippen LogP contribution in [0.5, 0.6) is 0 Å². The zero-order valence-corrected chi connectivity index (χ0v) is 25.3. The maximum Gasteiger partial charge on any atom is 0.271 e. The zero-order valence-electron chi connectivity index (χ0n) is 25.3. The van der Waals surface area contributed by atoms with Crippen LogP contribution >= 0.6 is 0 Å². The summed E-state index contributed by atoms with van der Waals surface area (Å²) in [6.07, 6.45) is 8.24. The van der Waals surface area contributed by atoms with Crippen LogP contribution in [-0.2, 0) is 11.2 Å². The Kier molecular flexibility index (Phi) is 9.06. The van der Waals surface area contributed by atoms with E-state index in [2.05, 4.69) is 72.5 Å². The molecule has 43 heavy (non-hydrogen) atoms. The standard InChI is InChI=1S/C31H44N10O2/c1-3-21-18-23(4-5-26(21)41-10-6-24(7-11-41)40-14-12-39(2)13-15-40)36-31-28(29(32)42)37-27(25-19-33-20-34-25)30(38-31)35-22-8-16-43-17-9-22/h4-5,18-20,22,24H,3,6-17H2,1-2H3,(H2,32,42)(H,33,34)(H2,35,36,38). The number of amides is 1. The SMILES string of the molecule is CCc1cc(Nc2nc(NC3CCOCC3)c(-c3cnc[nH]3)nc2C(N)=O)ccc1N1CCC(N2CCN(C)CC2)CC1. The summed E-state index contributed by atoms with van der Waals surface area (Å²) in [6, 6.07) is 7.26. The molecule has 1 aromatic carbocycles. The number of nitrogens with one attached hydrogen (secondary N) is 3. The Morgan fingerprint density at radius 3 is 2.49 bits per heavy atom. The maximum absolute atomic E-state index is 12.6. The molecule has 5 heterocycles. The fourth-order valence-electron chi connectivity index (χ4n) is 6.45. The number of aromatic nitrogens is 4. The molecule has 1 amide bonds. The molecule has 12 nitrogen and oxygen atoms in total. The fourth-order valence-corrected chi connectivity index (χ4v) is 6.45. The van der Waals surface area contributed by atoms with Gasteiger partial charge in [0.2, 0.25) is 0 Å². The largest absolute Gasteiger partial charge is 0.381 e. The van der Waals surface area contributed by atoms with Crippen molar-refractivity contribution in [2.45, 2.75) is 51.1 Å². The summed E-state index contributed by atoms with van der Waals surface area (Å²) in [5, 5.41) is 6.90. The number of rotatable bonds is 9. The molecule has 3 aliphatic heterocycles. The molecule has 3 fully saturated rings. The summed E-state index contributed by atoms with van der Waals surface area (Å²) >= 11 is 0. The van der Waals surface area contributed by atoms with Crippen LogP contribution in [-0.4, -0.2) is 107 Å². The van der Waals surface area contributed by atoms with E-state index in [-0.39, 0.29) is 11.7 Å². The van der Waals surface area contributed by atoms with Gasteiger partial charge >= 0.3 is 0 Å². The number of aryl methyl sites for hydroxylation is 1. The number of hydrogen-bond acceptors (Lipinski definition) is 10. The van der Waals surface area contributed by atoms with E-state index in [9.17, 15) is 4.79 Å². The number of nitrogens with two attached hydrogens (primary N) is 1. The second kappa shape index (κ2) is 13.3. The monoisotopic (exact) mass is 588 g/mol. The van der Waals surface area contributed by atoms with Crippen molar-refractivity contribution >= 4 is 28.9 Å². The van der Waals surface area contributed by atoms with Crippen molar-refractivity contribution in [1.29, 1.82) is 0 Å². The second-order valence-corrected chi connectivity index (χ2v) is 11.9. The van der Waals surface area contributed by atoms with E-state index >= 15 is 0 Å². The van der Waals surface area contributed by atoms with E-state index < -0.39 is 5.91 Å². The number of ether oxygens (including phenoxy) is 1. The van der Waals surface area contributed by atoms with Crippen molar-refractivity contribution in [3.05, 3.63) is 42.0 Å². The lowest BCUT2D eigenvalue weighted by Crippen LogP contribution is -2.52. The smallest absolute Gasteiger partial charge is 0.271 e. The van der Waals surface area contributed by atoms with Gasteiger partial charge in [-0.15, -0.1) is 0 Å². The molecule has 0 unspecified atom stereocenters. The number of piperazine rings is 1. The average Bonchev–Trinajstić information content (AvgIpc) is 3.57. The summed E-state index contributed by atoms with van der Waals surface area (Å²) < 4.78 is 5.53. The summed E-state index contributed by atoms with van der Waals surface area (Å²) in [4.78, 5) is 37.0. The highest BCUT2D eigenvalue weighted by atomic mass is 16.5. The number of primary amides is 1. The number of nitrogens with zero attached hydrogens (tertiary/aromatic N) is 6. The minimum absolute atomic E-state index is 0.0789.